The van der Waals surface area contributed by atoms with Gasteiger partial charge < -0.3 is 10.2 Å². The van der Waals surface area contributed by atoms with E-state index in [1.807, 2.05) is 13.8 Å². The molecule has 2 nitrogen and oxygen atoms in total. The summed E-state index contributed by atoms with van der Waals surface area (Å²) < 4.78 is 0. The van der Waals surface area contributed by atoms with Gasteiger partial charge in [-0.25, -0.2) is 0 Å². The van der Waals surface area contributed by atoms with Crippen LogP contribution < -0.4 is 0 Å². The van der Waals surface area contributed by atoms with Gasteiger partial charge >= 0.3 is 0 Å². The predicted molar refractivity (Wildman–Crippen MR) is 55.8 cm³/mol. The summed E-state index contributed by atoms with van der Waals surface area (Å²) in [5.74, 6) is 0. The summed E-state index contributed by atoms with van der Waals surface area (Å²) in [4.78, 5) is 0. The molecular weight excluding hydrogens is 176 g/mol. The third-order valence-corrected chi connectivity index (χ3v) is 5.96. The normalized spacial score (nSPS) is 61.7. The number of rotatable bonds is 0. The van der Waals surface area contributed by atoms with Crippen LogP contribution in [0.3, 0.4) is 0 Å². The average Bonchev–Trinajstić information content (AvgIpc) is 2.11. The molecule has 14 heavy (non-hydrogen) atoms. The summed E-state index contributed by atoms with van der Waals surface area (Å²) in [6, 6.07) is 0. The second kappa shape index (κ2) is 1.96. The minimum Gasteiger partial charge on any atom is -0.386 e. The molecule has 2 N–H and O–H groups in total. The van der Waals surface area contributed by atoms with Crippen molar-refractivity contribution in [3.05, 3.63) is 11.1 Å². The molecular formula is C12H20O2. The zero-order valence-corrected chi connectivity index (χ0v) is 9.89. The molecule has 1 saturated carbocycles. The maximum atomic E-state index is 10.4. The SMILES string of the molecule is CC1=C(C)[C@@]2(C)[C@](C)(O)[C@](C)(O)[C@]12C. The van der Waals surface area contributed by atoms with Crippen molar-refractivity contribution in [2.75, 3.05) is 0 Å². The molecule has 2 aliphatic carbocycles. The molecule has 0 heterocycles. The van der Waals surface area contributed by atoms with Crippen LogP contribution in [0.15, 0.2) is 11.1 Å². The van der Waals surface area contributed by atoms with Gasteiger partial charge in [0.2, 0.25) is 0 Å². The van der Waals surface area contributed by atoms with Crippen LogP contribution in [0.1, 0.15) is 41.5 Å². The molecule has 4 atom stereocenters. The van der Waals surface area contributed by atoms with Crippen molar-refractivity contribution in [2.24, 2.45) is 10.8 Å². The first-order chi connectivity index (χ1) is 6.07. The monoisotopic (exact) mass is 196 g/mol. The first-order valence-corrected chi connectivity index (χ1v) is 5.20. The van der Waals surface area contributed by atoms with Gasteiger partial charge in [0.1, 0.15) is 11.2 Å². The van der Waals surface area contributed by atoms with Crippen LogP contribution >= 0.6 is 0 Å². The van der Waals surface area contributed by atoms with Gasteiger partial charge in [0.15, 0.2) is 0 Å². The van der Waals surface area contributed by atoms with Crippen LogP contribution in [0.5, 0.6) is 0 Å². The van der Waals surface area contributed by atoms with E-state index in [-0.39, 0.29) is 10.8 Å². The Balaban J connectivity index is 2.65. The highest BCUT2D eigenvalue weighted by atomic mass is 16.4. The summed E-state index contributed by atoms with van der Waals surface area (Å²) in [6.45, 7) is 11.7. The molecule has 0 aromatic rings. The zero-order valence-electron chi connectivity index (χ0n) is 9.89. The number of hydrogen-bond donors (Lipinski definition) is 2. The maximum absolute atomic E-state index is 10.4. The largest absolute Gasteiger partial charge is 0.386 e. The molecule has 0 bridgehead atoms. The second-order valence-corrected chi connectivity index (χ2v) is 5.64. The van der Waals surface area contributed by atoms with E-state index in [0.29, 0.717) is 0 Å². The van der Waals surface area contributed by atoms with E-state index in [2.05, 4.69) is 13.8 Å². The van der Waals surface area contributed by atoms with Crippen molar-refractivity contribution >= 4 is 0 Å². The van der Waals surface area contributed by atoms with Gasteiger partial charge in [0.05, 0.1) is 0 Å². The Bertz CT molecular complexity index is 317. The molecule has 0 saturated heterocycles. The molecule has 0 aromatic heterocycles. The summed E-state index contributed by atoms with van der Waals surface area (Å²) >= 11 is 0. The first kappa shape index (κ1) is 10.2. The predicted octanol–water partition coefficient (Wildman–Crippen LogP) is 1.86. The quantitative estimate of drug-likeness (QED) is 0.581. The van der Waals surface area contributed by atoms with Gasteiger partial charge in [0, 0.05) is 10.8 Å². The topological polar surface area (TPSA) is 40.5 Å². The first-order valence-electron chi connectivity index (χ1n) is 5.20. The van der Waals surface area contributed by atoms with Gasteiger partial charge in [0.25, 0.3) is 0 Å². The Morgan fingerprint density at radius 1 is 0.714 bits per heavy atom. The van der Waals surface area contributed by atoms with Crippen molar-refractivity contribution in [3.63, 3.8) is 0 Å². The molecule has 0 spiro atoms. The second-order valence-electron chi connectivity index (χ2n) is 5.64. The highest BCUT2D eigenvalue weighted by Gasteiger charge is 2.85. The minimum absolute atomic E-state index is 0.256. The molecule has 2 heteroatoms. The summed E-state index contributed by atoms with van der Waals surface area (Å²) in [5, 5.41) is 20.7. The lowest BCUT2D eigenvalue weighted by Crippen LogP contribution is -2.88. The molecule has 0 aliphatic heterocycles. The summed E-state index contributed by atoms with van der Waals surface area (Å²) in [5.41, 5.74) is -0.0780. The number of aliphatic hydroxyl groups is 2. The van der Waals surface area contributed by atoms with E-state index in [0.717, 1.165) is 0 Å². The van der Waals surface area contributed by atoms with Gasteiger partial charge in [-0.3, -0.25) is 0 Å². The van der Waals surface area contributed by atoms with Crippen LogP contribution in [-0.2, 0) is 0 Å². The molecule has 0 amide bonds. The Morgan fingerprint density at radius 3 is 1.14 bits per heavy atom. The third kappa shape index (κ3) is 0.496. The minimum atomic E-state index is -1.02. The van der Waals surface area contributed by atoms with E-state index in [1.165, 1.54) is 11.1 Å². The van der Waals surface area contributed by atoms with Crippen molar-refractivity contribution in [1.82, 2.24) is 0 Å². The van der Waals surface area contributed by atoms with E-state index >= 15 is 0 Å². The average molecular weight is 196 g/mol. The van der Waals surface area contributed by atoms with Crippen molar-refractivity contribution < 1.29 is 10.2 Å². The number of hydrogen-bond acceptors (Lipinski definition) is 2. The Hall–Kier alpha value is -0.340. The van der Waals surface area contributed by atoms with Gasteiger partial charge in [-0.15, -0.1) is 0 Å². The fourth-order valence-corrected chi connectivity index (χ4v) is 4.05. The Labute approximate surface area is 85.6 Å². The van der Waals surface area contributed by atoms with Crippen molar-refractivity contribution in [3.8, 4) is 0 Å². The highest BCUT2D eigenvalue weighted by Crippen LogP contribution is 2.80. The maximum Gasteiger partial charge on any atom is 0.101 e. The Kier molecular flexibility index (Phi) is 1.42. The van der Waals surface area contributed by atoms with Crippen molar-refractivity contribution in [1.29, 1.82) is 0 Å². The molecule has 80 valence electrons. The van der Waals surface area contributed by atoms with Gasteiger partial charge in [-0.1, -0.05) is 25.0 Å². The molecule has 2 aliphatic rings. The van der Waals surface area contributed by atoms with Crippen LogP contribution in [0.2, 0.25) is 0 Å². The van der Waals surface area contributed by atoms with E-state index < -0.39 is 11.2 Å². The highest BCUT2D eigenvalue weighted by molar-refractivity contribution is 5.55. The summed E-state index contributed by atoms with van der Waals surface area (Å²) in [6.07, 6.45) is 0. The molecule has 0 radical (unpaired) electrons. The van der Waals surface area contributed by atoms with E-state index in [1.54, 1.807) is 13.8 Å². The number of fused-ring (bicyclic) bond motifs is 1. The molecule has 1 fully saturated rings. The van der Waals surface area contributed by atoms with Crippen LogP contribution in [0.25, 0.3) is 0 Å². The summed E-state index contributed by atoms with van der Waals surface area (Å²) in [7, 11) is 0. The fraction of sp³-hybridized carbons (Fsp3) is 0.833. The molecule has 0 aromatic carbocycles. The standard InChI is InChI=1S/C12H20O2/c1-7-8(2)10(4)9(7,3)11(5,13)12(10,6)14/h13-14H,1-6H3/t9-,10-,11-,12+/m1/s1. The fourth-order valence-electron chi connectivity index (χ4n) is 4.05. The van der Waals surface area contributed by atoms with Crippen LogP contribution in [0, 0.1) is 10.8 Å². The van der Waals surface area contributed by atoms with Crippen LogP contribution in [-0.4, -0.2) is 21.4 Å². The zero-order chi connectivity index (χ0) is 11.2. The lowest BCUT2D eigenvalue weighted by molar-refractivity contribution is -0.366. The van der Waals surface area contributed by atoms with Crippen molar-refractivity contribution in [2.45, 2.75) is 52.7 Å². The van der Waals surface area contributed by atoms with Gasteiger partial charge in [-0.2, -0.15) is 0 Å². The Morgan fingerprint density at radius 2 is 0.929 bits per heavy atom. The van der Waals surface area contributed by atoms with E-state index in [4.69, 9.17) is 0 Å². The van der Waals surface area contributed by atoms with E-state index in [9.17, 15) is 10.2 Å². The third-order valence-electron chi connectivity index (χ3n) is 5.96. The molecule has 0 unspecified atom stereocenters. The van der Waals surface area contributed by atoms with Gasteiger partial charge in [-0.05, 0) is 27.7 Å². The lowest BCUT2D eigenvalue weighted by atomic mass is 9.26. The van der Waals surface area contributed by atoms with Crippen LogP contribution in [0.4, 0.5) is 0 Å². The lowest BCUT2D eigenvalue weighted by Gasteiger charge is -2.81. The molecule has 2 rings (SSSR count). The smallest absolute Gasteiger partial charge is 0.101 e.